The van der Waals surface area contributed by atoms with Crippen LogP contribution in [0.3, 0.4) is 0 Å². The lowest BCUT2D eigenvalue weighted by Crippen LogP contribution is -2.44. The number of hydrogen-bond acceptors (Lipinski definition) is 2. The first kappa shape index (κ1) is 16.1. The molecule has 1 saturated carbocycles. The number of carbonyl (C=O) groups is 1. The lowest BCUT2D eigenvalue weighted by atomic mass is 9.84. The summed E-state index contributed by atoms with van der Waals surface area (Å²) in [6.45, 7) is 5.25. The van der Waals surface area contributed by atoms with Crippen molar-refractivity contribution in [1.82, 2.24) is 10.6 Å². The van der Waals surface area contributed by atoms with Gasteiger partial charge in [-0.2, -0.15) is 0 Å². The summed E-state index contributed by atoms with van der Waals surface area (Å²) >= 11 is 6.22. The number of halogens is 1. The van der Waals surface area contributed by atoms with E-state index in [1.807, 2.05) is 38.1 Å². The van der Waals surface area contributed by atoms with Gasteiger partial charge in [0.1, 0.15) is 0 Å². The number of aliphatic hydroxyl groups excluding tert-OH is 1. The van der Waals surface area contributed by atoms with Crippen LogP contribution in [0, 0.1) is 5.41 Å². The summed E-state index contributed by atoms with van der Waals surface area (Å²) in [6.07, 6.45) is 1.96. The standard InChI is InChI=1S/C16H23ClN2O2/c1-15(2,12-5-3-4-6-13(12)17)9-18-14(21)19-10-16(11-20)7-8-16/h3-6,20H,7-11H2,1-2H3,(H2,18,19,21). The monoisotopic (exact) mass is 310 g/mol. The van der Waals surface area contributed by atoms with E-state index in [2.05, 4.69) is 10.6 Å². The van der Waals surface area contributed by atoms with Crippen molar-refractivity contribution in [3.05, 3.63) is 34.9 Å². The molecule has 1 aliphatic rings. The average Bonchev–Trinajstić information content (AvgIpc) is 3.24. The van der Waals surface area contributed by atoms with Crippen molar-refractivity contribution in [3.8, 4) is 0 Å². The minimum absolute atomic E-state index is 0.0738. The quantitative estimate of drug-likeness (QED) is 0.756. The summed E-state index contributed by atoms with van der Waals surface area (Å²) < 4.78 is 0. The first-order valence-electron chi connectivity index (χ1n) is 7.26. The maximum atomic E-state index is 11.9. The predicted molar refractivity (Wildman–Crippen MR) is 84.6 cm³/mol. The SMILES string of the molecule is CC(C)(CNC(=O)NCC1(CO)CC1)c1ccccc1Cl. The number of carbonyl (C=O) groups excluding carboxylic acids is 1. The van der Waals surface area contributed by atoms with Crippen molar-refractivity contribution < 1.29 is 9.90 Å². The van der Waals surface area contributed by atoms with Crippen LogP contribution >= 0.6 is 11.6 Å². The molecule has 2 rings (SSSR count). The largest absolute Gasteiger partial charge is 0.396 e. The van der Waals surface area contributed by atoms with Crippen LogP contribution in [-0.2, 0) is 5.41 Å². The lowest BCUT2D eigenvalue weighted by Gasteiger charge is -2.27. The first-order valence-corrected chi connectivity index (χ1v) is 7.64. The van der Waals surface area contributed by atoms with Crippen molar-refractivity contribution in [2.24, 2.45) is 5.41 Å². The maximum absolute atomic E-state index is 11.9. The zero-order valence-corrected chi connectivity index (χ0v) is 13.3. The van der Waals surface area contributed by atoms with Crippen molar-refractivity contribution in [3.63, 3.8) is 0 Å². The summed E-state index contributed by atoms with van der Waals surface area (Å²) in [4.78, 5) is 11.9. The van der Waals surface area contributed by atoms with Gasteiger partial charge in [-0.1, -0.05) is 43.6 Å². The van der Waals surface area contributed by atoms with E-state index in [1.165, 1.54) is 0 Å². The van der Waals surface area contributed by atoms with Crippen LogP contribution in [0.1, 0.15) is 32.3 Å². The molecule has 1 aromatic carbocycles. The van der Waals surface area contributed by atoms with E-state index in [0.717, 1.165) is 18.4 Å². The van der Waals surface area contributed by atoms with E-state index < -0.39 is 0 Å². The van der Waals surface area contributed by atoms with Gasteiger partial charge in [0.2, 0.25) is 0 Å². The number of nitrogens with one attached hydrogen (secondary N) is 2. The molecule has 0 unspecified atom stereocenters. The minimum atomic E-state index is -0.246. The molecule has 0 aliphatic heterocycles. The molecule has 0 radical (unpaired) electrons. The van der Waals surface area contributed by atoms with Gasteiger partial charge < -0.3 is 15.7 Å². The van der Waals surface area contributed by atoms with E-state index in [4.69, 9.17) is 11.6 Å². The first-order chi connectivity index (χ1) is 9.88. The van der Waals surface area contributed by atoms with Crippen molar-refractivity contribution in [2.75, 3.05) is 19.7 Å². The molecule has 0 saturated heterocycles. The number of amides is 2. The summed E-state index contributed by atoms with van der Waals surface area (Å²) in [5.41, 5.74) is 0.695. The van der Waals surface area contributed by atoms with Crippen molar-refractivity contribution in [2.45, 2.75) is 32.1 Å². The Balaban J connectivity index is 1.84. The van der Waals surface area contributed by atoms with E-state index in [0.29, 0.717) is 18.1 Å². The molecule has 21 heavy (non-hydrogen) atoms. The van der Waals surface area contributed by atoms with Crippen LogP contribution in [0.2, 0.25) is 5.02 Å². The molecule has 116 valence electrons. The highest BCUT2D eigenvalue weighted by Crippen LogP contribution is 2.44. The molecular formula is C16H23ClN2O2. The number of hydrogen-bond donors (Lipinski definition) is 3. The Morgan fingerprint density at radius 2 is 2.00 bits per heavy atom. The summed E-state index contributed by atoms with van der Waals surface area (Å²) in [7, 11) is 0. The summed E-state index contributed by atoms with van der Waals surface area (Å²) in [5, 5.41) is 15.6. The Kier molecular flexibility index (Phi) is 4.79. The van der Waals surface area contributed by atoms with Gasteiger partial charge >= 0.3 is 6.03 Å². The lowest BCUT2D eigenvalue weighted by molar-refractivity contribution is 0.202. The second-order valence-electron chi connectivity index (χ2n) is 6.56. The Bertz CT molecular complexity index is 513. The van der Waals surface area contributed by atoms with Crippen LogP contribution < -0.4 is 10.6 Å². The molecule has 2 amide bonds. The Morgan fingerprint density at radius 3 is 2.57 bits per heavy atom. The van der Waals surface area contributed by atoms with Gasteiger partial charge in [0.05, 0.1) is 6.61 Å². The van der Waals surface area contributed by atoms with Gasteiger partial charge in [0.15, 0.2) is 0 Å². The van der Waals surface area contributed by atoms with Crippen LogP contribution in [0.15, 0.2) is 24.3 Å². The van der Waals surface area contributed by atoms with E-state index in [-0.39, 0.29) is 23.5 Å². The molecule has 4 nitrogen and oxygen atoms in total. The van der Waals surface area contributed by atoms with Crippen molar-refractivity contribution in [1.29, 1.82) is 0 Å². The van der Waals surface area contributed by atoms with Crippen LogP contribution in [0.25, 0.3) is 0 Å². The van der Waals surface area contributed by atoms with Crippen LogP contribution in [0.4, 0.5) is 4.79 Å². The van der Waals surface area contributed by atoms with Gasteiger partial charge in [0, 0.05) is 28.9 Å². The highest BCUT2D eigenvalue weighted by atomic mass is 35.5. The molecule has 1 aliphatic carbocycles. The molecule has 1 fully saturated rings. The van der Waals surface area contributed by atoms with Crippen LogP contribution in [-0.4, -0.2) is 30.8 Å². The van der Waals surface area contributed by atoms with Crippen LogP contribution in [0.5, 0.6) is 0 Å². The zero-order valence-electron chi connectivity index (χ0n) is 12.6. The summed E-state index contributed by atoms with van der Waals surface area (Å²) in [5.74, 6) is 0. The number of urea groups is 1. The third-order valence-corrected chi connectivity index (χ3v) is 4.54. The maximum Gasteiger partial charge on any atom is 0.314 e. The molecule has 3 N–H and O–H groups in total. The average molecular weight is 311 g/mol. The Labute approximate surface area is 130 Å². The van der Waals surface area contributed by atoms with Gasteiger partial charge in [-0.25, -0.2) is 4.79 Å². The number of rotatable bonds is 6. The molecular weight excluding hydrogens is 288 g/mol. The number of benzene rings is 1. The van der Waals surface area contributed by atoms with Gasteiger partial charge in [0.25, 0.3) is 0 Å². The molecule has 0 heterocycles. The fourth-order valence-electron chi connectivity index (χ4n) is 2.30. The highest BCUT2D eigenvalue weighted by Gasteiger charge is 2.42. The molecule has 0 atom stereocenters. The fraction of sp³-hybridized carbons (Fsp3) is 0.562. The number of aliphatic hydroxyl groups is 1. The normalized spacial score (nSPS) is 16.4. The smallest absolute Gasteiger partial charge is 0.314 e. The molecule has 1 aromatic rings. The Hall–Kier alpha value is -1.26. The van der Waals surface area contributed by atoms with E-state index in [1.54, 1.807) is 0 Å². The molecule has 0 bridgehead atoms. The van der Waals surface area contributed by atoms with E-state index >= 15 is 0 Å². The fourth-order valence-corrected chi connectivity index (χ4v) is 2.70. The second kappa shape index (κ2) is 6.24. The minimum Gasteiger partial charge on any atom is -0.396 e. The van der Waals surface area contributed by atoms with Gasteiger partial charge in [-0.05, 0) is 24.5 Å². The second-order valence-corrected chi connectivity index (χ2v) is 6.97. The third kappa shape index (κ3) is 4.11. The zero-order chi connectivity index (χ0) is 15.5. The molecule has 0 spiro atoms. The van der Waals surface area contributed by atoms with Gasteiger partial charge in [-0.3, -0.25) is 0 Å². The van der Waals surface area contributed by atoms with E-state index in [9.17, 15) is 9.90 Å². The summed E-state index contributed by atoms with van der Waals surface area (Å²) in [6, 6.07) is 7.48. The van der Waals surface area contributed by atoms with Crippen molar-refractivity contribution >= 4 is 17.6 Å². The highest BCUT2D eigenvalue weighted by molar-refractivity contribution is 6.31. The Morgan fingerprint density at radius 1 is 1.33 bits per heavy atom. The topological polar surface area (TPSA) is 61.4 Å². The van der Waals surface area contributed by atoms with Gasteiger partial charge in [-0.15, -0.1) is 0 Å². The molecule has 5 heteroatoms. The molecule has 0 aromatic heterocycles. The predicted octanol–water partition coefficient (Wildman–Crippen LogP) is 2.69. The third-order valence-electron chi connectivity index (χ3n) is 4.21.